The minimum atomic E-state index is -0.599. The molecule has 0 fully saturated rings. The molecule has 2 aliphatic rings. The van der Waals surface area contributed by atoms with Gasteiger partial charge in [-0.05, 0) is 24.1 Å². The van der Waals surface area contributed by atoms with Gasteiger partial charge in [0, 0.05) is 18.7 Å². The molecule has 3 amide bonds. The number of urea groups is 1. The second-order valence-electron chi connectivity index (χ2n) is 7.33. The first-order valence-corrected chi connectivity index (χ1v) is 9.34. The largest absolute Gasteiger partial charge is 0.497 e. The first-order chi connectivity index (χ1) is 13.4. The summed E-state index contributed by atoms with van der Waals surface area (Å²) in [6.45, 7) is 9.26. The quantitative estimate of drug-likeness (QED) is 0.733. The van der Waals surface area contributed by atoms with E-state index in [4.69, 9.17) is 9.47 Å². The van der Waals surface area contributed by atoms with Crippen LogP contribution < -0.4 is 14.8 Å². The molecule has 1 aromatic carbocycles. The number of rotatable bonds is 7. The maximum atomic E-state index is 13.3. The van der Waals surface area contributed by atoms with Crippen molar-refractivity contribution < 1.29 is 19.1 Å². The Hall–Kier alpha value is -2.96. The van der Waals surface area contributed by atoms with Gasteiger partial charge in [-0.3, -0.25) is 9.69 Å². The van der Waals surface area contributed by atoms with E-state index in [0.717, 1.165) is 5.70 Å². The van der Waals surface area contributed by atoms with Crippen LogP contribution in [0.25, 0.3) is 0 Å². The van der Waals surface area contributed by atoms with Crippen LogP contribution in [0.15, 0.2) is 42.1 Å². The molecule has 7 nitrogen and oxygen atoms in total. The molecule has 28 heavy (non-hydrogen) atoms. The van der Waals surface area contributed by atoms with Gasteiger partial charge in [-0.15, -0.1) is 6.58 Å². The van der Waals surface area contributed by atoms with Crippen LogP contribution in [0, 0.1) is 5.92 Å². The van der Waals surface area contributed by atoms with Crippen LogP contribution >= 0.6 is 0 Å². The van der Waals surface area contributed by atoms with Crippen LogP contribution in [-0.2, 0) is 4.79 Å². The van der Waals surface area contributed by atoms with Crippen LogP contribution in [0.5, 0.6) is 11.5 Å². The van der Waals surface area contributed by atoms with Gasteiger partial charge in [0.15, 0.2) is 0 Å². The summed E-state index contributed by atoms with van der Waals surface area (Å²) in [6.07, 6.45) is 1.66. The molecule has 0 bridgehead atoms. The number of amides is 3. The van der Waals surface area contributed by atoms with Crippen molar-refractivity contribution in [2.24, 2.45) is 5.92 Å². The summed E-state index contributed by atoms with van der Waals surface area (Å²) in [7, 11) is 3.14. The highest BCUT2D eigenvalue weighted by atomic mass is 16.5. The molecule has 1 N–H and O–H groups in total. The normalized spacial score (nSPS) is 19.1. The van der Waals surface area contributed by atoms with Gasteiger partial charge in [0.2, 0.25) is 0 Å². The lowest BCUT2D eigenvalue weighted by Crippen LogP contribution is -2.47. The molecule has 2 heterocycles. The van der Waals surface area contributed by atoms with Gasteiger partial charge in [0.1, 0.15) is 11.5 Å². The standard InChI is InChI=1S/C21H27N3O4/c1-6-9-24-16-12-23(11-13(2)3)20(25)18(16)19(22-21(24)26)15-10-14(27-4)7-8-17(15)28-5/h6-8,10,13,19H,1,9,11-12H2,2-5H3,(H,22,26)/t19-/m1/s1. The first-order valence-electron chi connectivity index (χ1n) is 9.34. The molecule has 0 saturated carbocycles. The van der Waals surface area contributed by atoms with Crippen molar-refractivity contribution >= 4 is 11.9 Å². The van der Waals surface area contributed by atoms with Crippen molar-refractivity contribution in [1.29, 1.82) is 0 Å². The summed E-state index contributed by atoms with van der Waals surface area (Å²) < 4.78 is 10.8. The summed E-state index contributed by atoms with van der Waals surface area (Å²) in [6, 6.07) is 4.51. The summed E-state index contributed by atoms with van der Waals surface area (Å²) >= 11 is 0. The Kier molecular flexibility index (Phi) is 5.63. The molecular formula is C21H27N3O4. The van der Waals surface area contributed by atoms with Crippen molar-refractivity contribution in [2.45, 2.75) is 19.9 Å². The van der Waals surface area contributed by atoms with Gasteiger partial charge in [0.05, 0.1) is 38.1 Å². The predicted molar refractivity (Wildman–Crippen MR) is 106 cm³/mol. The molecule has 1 atom stereocenters. The Labute approximate surface area is 165 Å². The molecule has 7 heteroatoms. The maximum absolute atomic E-state index is 13.3. The number of nitrogens with one attached hydrogen (secondary N) is 1. The number of hydrogen-bond donors (Lipinski definition) is 1. The van der Waals surface area contributed by atoms with Crippen LogP contribution in [0.4, 0.5) is 4.79 Å². The van der Waals surface area contributed by atoms with Crippen molar-refractivity contribution in [3.63, 3.8) is 0 Å². The van der Waals surface area contributed by atoms with Crippen LogP contribution in [0.1, 0.15) is 25.5 Å². The van der Waals surface area contributed by atoms with Crippen molar-refractivity contribution in [3.05, 3.63) is 47.7 Å². The monoisotopic (exact) mass is 385 g/mol. The van der Waals surface area contributed by atoms with Gasteiger partial charge >= 0.3 is 6.03 Å². The van der Waals surface area contributed by atoms with Gasteiger partial charge in [-0.25, -0.2) is 4.79 Å². The second-order valence-corrected chi connectivity index (χ2v) is 7.33. The Morgan fingerprint density at radius 2 is 2.04 bits per heavy atom. The zero-order valence-corrected chi connectivity index (χ0v) is 16.8. The highest BCUT2D eigenvalue weighted by Crippen LogP contribution is 2.40. The summed E-state index contributed by atoms with van der Waals surface area (Å²) in [5, 5.41) is 2.97. The number of ether oxygens (including phenoxy) is 2. The molecule has 3 rings (SSSR count). The number of nitrogens with zero attached hydrogens (tertiary/aromatic N) is 2. The number of carbonyl (C=O) groups is 2. The zero-order valence-electron chi connectivity index (χ0n) is 16.8. The number of benzene rings is 1. The molecule has 0 aliphatic carbocycles. The molecule has 0 radical (unpaired) electrons. The Morgan fingerprint density at radius 3 is 2.64 bits per heavy atom. The lowest BCUT2D eigenvalue weighted by atomic mass is 9.94. The third kappa shape index (κ3) is 3.44. The Bertz CT molecular complexity index is 831. The molecule has 0 saturated heterocycles. The van der Waals surface area contributed by atoms with Gasteiger partial charge < -0.3 is 19.7 Å². The zero-order chi connectivity index (χ0) is 20.4. The number of methoxy groups -OCH3 is 2. The molecule has 150 valence electrons. The van der Waals surface area contributed by atoms with Crippen molar-refractivity contribution in [3.8, 4) is 11.5 Å². The minimum Gasteiger partial charge on any atom is -0.497 e. The fourth-order valence-corrected chi connectivity index (χ4v) is 3.76. The third-order valence-electron chi connectivity index (χ3n) is 4.94. The lowest BCUT2D eigenvalue weighted by molar-refractivity contribution is -0.126. The fraction of sp³-hybridized carbons (Fsp3) is 0.429. The molecule has 0 spiro atoms. The van der Waals surface area contributed by atoms with Crippen LogP contribution in [-0.4, -0.2) is 55.6 Å². The minimum absolute atomic E-state index is 0.0624. The predicted octanol–water partition coefficient (Wildman–Crippen LogP) is 2.71. The molecule has 1 aromatic rings. The Morgan fingerprint density at radius 1 is 1.29 bits per heavy atom. The van der Waals surface area contributed by atoms with E-state index in [-0.39, 0.29) is 11.9 Å². The van der Waals surface area contributed by atoms with E-state index in [1.165, 1.54) is 0 Å². The molecule has 0 aromatic heterocycles. The van der Waals surface area contributed by atoms with E-state index >= 15 is 0 Å². The third-order valence-corrected chi connectivity index (χ3v) is 4.94. The van der Waals surface area contributed by atoms with E-state index in [1.54, 1.807) is 48.3 Å². The van der Waals surface area contributed by atoms with Crippen LogP contribution in [0.2, 0.25) is 0 Å². The van der Waals surface area contributed by atoms with Crippen molar-refractivity contribution in [1.82, 2.24) is 15.1 Å². The van der Waals surface area contributed by atoms with Crippen molar-refractivity contribution in [2.75, 3.05) is 33.9 Å². The molecular weight excluding hydrogens is 358 g/mol. The smallest absolute Gasteiger partial charge is 0.322 e. The van der Waals surface area contributed by atoms with Gasteiger partial charge in [-0.1, -0.05) is 19.9 Å². The Balaban J connectivity index is 2.11. The summed E-state index contributed by atoms with van der Waals surface area (Å²) in [4.78, 5) is 29.5. The average Bonchev–Trinajstić information content (AvgIpc) is 2.99. The molecule has 0 unspecified atom stereocenters. The van der Waals surface area contributed by atoms with Crippen LogP contribution in [0.3, 0.4) is 0 Å². The molecule has 2 aliphatic heterocycles. The van der Waals surface area contributed by atoms with E-state index in [2.05, 4.69) is 25.7 Å². The van der Waals surface area contributed by atoms with Gasteiger partial charge in [-0.2, -0.15) is 0 Å². The highest BCUT2D eigenvalue weighted by molar-refractivity contribution is 6.01. The van der Waals surface area contributed by atoms with E-state index < -0.39 is 6.04 Å². The number of hydrogen-bond acceptors (Lipinski definition) is 4. The van der Waals surface area contributed by atoms with E-state index in [0.29, 0.717) is 48.2 Å². The maximum Gasteiger partial charge on any atom is 0.322 e. The fourth-order valence-electron chi connectivity index (χ4n) is 3.76. The summed E-state index contributed by atoms with van der Waals surface area (Å²) in [5.41, 5.74) is 2.00. The SMILES string of the molecule is C=CCN1C(=O)N[C@H](c2cc(OC)ccc2OC)C2=C1CN(CC(C)C)C2=O. The second kappa shape index (κ2) is 7.96. The first kappa shape index (κ1) is 19.8. The number of carbonyl (C=O) groups excluding carboxylic acids is 2. The lowest BCUT2D eigenvalue weighted by Gasteiger charge is -2.33. The highest BCUT2D eigenvalue weighted by Gasteiger charge is 2.44. The van der Waals surface area contributed by atoms with E-state index in [1.807, 2.05) is 0 Å². The summed E-state index contributed by atoms with van der Waals surface area (Å²) in [5.74, 6) is 1.48. The van der Waals surface area contributed by atoms with E-state index in [9.17, 15) is 9.59 Å². The van der Waals surface area contributed by atoms with Gasteiger partial charge in [0.25, 0.3) is 5.91 Å². The average molecular weight is 385 g/mol. The topological polar surface area (TPSA) is 71.1 Å².